The Bertz CT molecular complexity index is 619. The van der Waals surface area contributed by atoms with Gasteiger partial charge in [-0.2, -0.15) is 0 Å². The van der Waals surface area contributed by atoms with E-state index in [2.05, 4.69) is 24.1 Å². The number of methoxy groups -OCH3 is 2. The Balaban J connectivity index is 1.85. The fourth-order valence-electron chi connectivity index (χ4n) is 6.09. The van der Waals surface area contributed by atoms with Crippen molar-refractivity contribution in [2.24, 2.45) is 11.8 Å². The van der Waals surface area contributed by atoms with Crippen molar-refractivity contribution in [3.8, 4) is 11.5 Å². The van der Waals surface area contributed by atoms with E-state index in [1.807, 2.05) is 6.07 Å². The van der Waals surface area contributed by atoms with Crippen LogP contribution in [-0.2, 0) is 5.41 Å². The lowest BCUT2D eigenvalue weighted by molar-refractivity contribution is -0.0265. The number of fused-ring (bicyclic) bond motifs is 3. The second-order valence-corrected chi connectivity index (χ2v) is 7.88. The van der Waals surface area contributed by atoms with Gasteiger partial charge in [-0.1, -0.05) is 12.5 Å². The molecular formula is C20H29NO3. The van der Waals surface area contributed by atoms with Crippen molar-refractivity contribution in [2.45, 2.75) is 49.7 Å². The van der Waals surface area contributed by atoms with Gasteiger partial charge in [0.15, 0.2) is 11.5 Å². The maximum atomic E-state index is 10.7. The van der Waals surface area contributed by atoms with E-state index in [4.69, 9.17) is 9.47 Å². The molecule has 3 aliphatic carbocycles. The topological polar surface area (TPSA) is 41.9 Å². The highest BCUT2D eigenvalue weighted by Gasteiger charge is 2.60. The third-order valence-corrected chi connectivity index (χ3v) is 7.05. The molecule has 0 spiro atoms. The molecule has 0 radical (unpaired) electrons. The van der Waals surface area contributed by atoms with E-state index in [9.17, 15) is 5.11 Å². The smallest absolute Gasteiger partial charge is 0.161 e. The molecule has 1 N–H and O–H groups in total. The maximum absolute atomic E-state index is 10.7. The van der Waals surface area contributed by atoms with Crippen LogP contribution in [0.2, 0.25) is 0 Å². The number of hydrogen-bond acceptors (Lipinski definition) is 4. The lowest BCUT2D eigenvalue weighted by atomic mass is 9.57. The summed E-state index contributed by atoms with van der Waals surface area (Å²) < 4.78 is 11.0. The van der Waals surface area contributed by atoms with Crippen LogP contribution in [0.5, 0.6) is 11.5 Å². The first-order chi connectivity index (χ1) is 11.6. The van der Waals surface area contributed by atoms with Crippen molar-refractivity contribution in [3.63, 3.8) is 0 Å². The molecule has 4 fully saturated rings. The molecule has 0 amide bonds. The number of rotatable bonds is 3. The van der Waals surface area contributed by atoms with E-state index in [1.54, 1.807) is 14.2 Å². The van der Waals surface area contributed by atoms with Crippen LogP contribution >= 0.6 is 0 Å². The second kappa shape index (κ2) is 5.92. The SMILES string of the molecule is COc1ccc([C@]23CCN(C)[C@H]2[C@@H]2CCC[C@H]3C[C@@H]2O)cc1OC. The number of aliphatic hydroxyl groups excluding tert-OH is 1. The second-order valence-electron chi connectivity index (χ2n) is 7.88. The van der Waals surface area contributed by atoms with Gasteiger partial charge in [-0.3, -0.25) is 0 Å². The molecule has 0 unspecified atom stereocenters. The molecule has 5 rings (SSSR count). The summed E-state index contributed by atoms with van der Waals surface area (Å²) in [6.45, 7) is 1.11. The minimum Gasteiger partial charge on any atom is -0.493 e. The summed E-state index contributed by atoms with van der Waals surface area (Å²) in [6, 6.07) is 6.92. The van der Waals surface area contributed by atoms with Gasteiger partial charge in [-0.15, -0.1) is 0 Å². The average molecular weight is 331 g/mol. The Morgan fingerprint density at radius 2 is 1.96 bits per heavy atom. The first-order valence-electron chi connectivity index (χ1n) is 9.22. The Morgan fingerprint density at radius 1 is 1.17 bits per heavy atom. The molecule has 1 heterocycles. The summed E-state index contributed by atoms with van der Waals surface area (Å²) in [5.74, 6) is 2.56. The van der Waals surface area contributed by atoms with Gasteiger partial charge < -0.3 is 19.5 Å². The Labute approximate surface area is 144 Å². The fourth-order valence-corrected chi connectivity index (χ4v) is 6.09. The zero-order valence-electron chi connectivity index (χ0n) is 15.0. The zero-order valence-corrected chi connectivity index (χ0v) is 15.0. The number of ether oxygens (including phenoxy) is 2. The van der Waals surface area contributed by atoms with E-state index in [-0.39, 0.29) is 11.5 Å². The molecule has 24 heavy (non-hydrogen) atoms. The predicted molar refractivity (Wildman–Crippen MR) is 93.7 cm³/mol. The Hall–Kier alpha value is -1.26. The minimum absolute atomic E-state index is 0.142. The molecule has 1 saturated heterocycles. The van der Waals surface area contributed by atoms with Crippen molar-refractivity contribution in [1.29, 1.82) is 0 Å². The zero-order chi connectivity index (χ0) is 16.9. The number of nitrogens with zero attached hydrogens (tertiary/aromatic N) is 1. The Kier molecular flexibility index (Phi) is 4.00. The van der Waals surface area contributed by atoms with Crippen LogP contribution in [-0.4, -0.2) is 50.0 Å². The molecule has 1 aliphatic heterocycles. The fraction of sp³-hybridized carbons (Fsp3) is 0.700. The molecule has 132 valence electrons. The van der Waals surface area contributed by atoms with Gasteiger partial charge in [0.25, 0.3) is 0 Å². The lowest BCUT2D eigenvalue weighted by Gasteiger charge is -2.51. The quantitative estimate of drug-likeness (QED) is 0.925. The number of likely N-dealkylation sites (tertiary alicyclic amines) is 1. The van der Waals surface area contributed by atoms with Crippen molar-refractivity contribution in [3.05, 3.63) is 23.8 Å². The van der Waals surface area contributed by atoms with Crippen LogP contribution in [0.1, 0.15) is 37.7 Å². The highest BCUT2D eigenvalue weighted by atomic mass is 16.5. The molecular weight excluding hydrogens is 302 g/mol. The molecule has 3 saturated carbocycles. The van der Waals surface area contributed by atoms with Crippen LogP contribution in [0, 0.1) is 11.8 Å². The van der Waals surface area contributed by atoms with Gasteiger partial charge in [0.2, 0.25) is 0 Å². The third-order valence-electron chi connectivity index (χ3n) is 7.05. The molecule has 5 atom stereocenters. The van der Waals surface area contributed by atoms with Crippen LogP contribution < -0.4 is 9.47 Å². The summed E-state index contributed by atoms with van der Waals surface area (Å²) in [4.78, 5) is 2.50. The highest BCUT2D eigenvalue weighted by molar-refractivity contribution is 5.47. The van der Waals surface area contributed by atoms with E-state index in [1.165, 1.54) is 24.8 Å². The van der Waals surface area contributed by atoms with Gasteiger partial charge >= 0.3 is 0 Å². The number of likely N-dealkylation sites (N-methyl/N-ethyl adjacent to an activating group) is 1. The van der Waals surface area contributed by atoms with E-state index < -0.39 is 0 Å². The first-order valence-corrected chi connectivity index (χ1v) is 9.22. The lowest BCUT2D eigenvalue weighted by Crippen LogP contribution is -2.56. The van der Waals surface area contributed by atoms with E-state index in [0.717, 1.165) is 30.9 Å². The molecule has 0 aromatic heterocycles. The normalized spacial score (nSPS) is 38.7. The average Bonchev–Trinajstić information content (AvgIpc) is 2.75. The van der Waals surface area contributed by atoms with Crippen molar-refractivity contribution in [2.75, 3.05) is 27.8 Å². The monoisotopic (exact) mass is 331 g/mol. The molecule has 4 nitrogen and oxygen atoms in total. The van der Waals surface area contributed by atoms with E-state index >= 15 is 0 Å². The number of benzene rings is 1. The molecule has 2 bridgehead atoms. The largest absolute Gasteiger partial charge is 0.493 e. The van der Waals surface area contributed by atoms with Crippen molar-refractivity contribution >= 4 is 0 Å². The van der Waals surface area contributed by atoms with Crippen LogP contribution in [0.15, 0.2) is 18.2 Å². The van der Waals surface area contributed by atoms with Gasteiger partial charge in [-0.25, -0.2) is 0 Å². The van der Waals surface area contributed by atoms with Crippen LogP contribution in [0.3, 0.4) is 0 Å². The predicted octanol–water partition coefficient (Wildman–Crippen LogP) is 2.83. The summed E-state index contributed by atoms with van der Waals surface area (Å²) in [7, 11) is 5.63. The van der Waals surface area contributed by atoms with Crippen LogP contribution in [0.25, 0.3) is 0 Å². The van der Waals surface area contributed by atoms with Gasteiger partial charge in [0, 0.05) is 17.4 Å². The summed E-state index contributed by atoms with van der Waals surface area (Å²) >= 11 is 0. The van der Waals surface area contributed by atoms with Crippen LogP contribution in [0.4, 0.5) is 0 Å². The van der Waals surface area contributed by atoms with Crippen molar-refractivity contribution < 1.29 is 14.6 Å². The maximum Gasteiger partial charge on any atom is 0.161 e. The molecule has 4 heteroatoms. The van der Waals surface area contributed by atoms with Gasteiger partial charge in [0.1, 0.15) is 0 Å². The molecule has 1 aromatic carbocycles. The Morgan fingerprint density at radius 3 is 2.71 bits per heavy atom. The van der Waals surface area contributed by atoms with Crippen molar-refractivity contribution in [1.82, 2.24) is 4.90 Å². The standard InChI is InChI=1S/C20H29NO3/c1-21-10-9-20(14-7-8-17(23-2)18(12-14)24-3)13-5-4-6-15(19(20)21)16(22)11-13/h7-8,12-13,15-16,19,22H,4-6,9-11H2,1-3H3/t13-,15+,16-,19-,20+/m0/s1. The van der Waals surface area contributed by atoms with Gasteiger partial charge in [-0.05, 0) is 62.9 Å². The first kappa shape index (κ1) is 16.2. The number of aliphatic hydroxyl groups is 1. The molecule has 4 aliphatic rings. The summed E-state index contributed by atoms with van der Waals surface area (Å²) in [5, 5.41) is 10.7. The van der Waals surface area contributed by atoms with E-state index in [0.29, 0.717) is 17.9 Å². The minimum atomic E-state index is -0.142. The number of hydrogen-bond donors (Lipinski definition) is 1. The van der Waals surface area contributed by atoms with Gasteiger partial charge in [0.05, 0.1) is 20.3 Å². The third kappa shape index (κ3) is 2.12. The summed E-state index contributed by atoms with van der Waals surface area (Å²) in [6.07, 6.45) is 5.61. The molecule has 1 aromatic rings. The summed E-state index contributed by atoms with van der Waals surface area (Å²) in [5.41, 5.74) is 1.52. The highest BCUT2D eigenvalue weighted by Crippen LogP contribution is 2.58.